The summed E-state index contributed by atoms with van der Waals surface area (Å²) in [4.78, 5) is 28.9. The molecule has 206 valence electrons. The van der Waals surface area contributed by atoms with Gasteiger partial charge in [0.15, 0.2) is 5.60 Å². The Hall–Kier alpha value is -3.68. The maximum Gasteiger partial charge on any atom is 0.264 e. The number of carbonyl (C=O) groups excluding carboxylic acids is 2. The quantitative estimate of drug-likeness (QED) is 0.346. The standard InChI is InChI=1S/C32H39N3O4/c1-32(2,39-28-16-14-27(15-17-28)26-12-7-4-8-13-26)31(37)34-29(24-25-10-5-3-6-11-25)30(36)33-18-9-19-35-20-22-38-23-21-35/h3-8,10-17,29H,9,18-24H2,1-2H3,(H,33,36)(H,34,37)/t29-/m0/s1. The van der Waals surface area contributed by atoms with Crippen molar-refractivity contribution in [1.82, 2.24) is 15.5 Å². The van der Waals surface area contributed by atoms with Gasteiger partial charge in [0.05, 0.1) is 13.2 Å². The third-order valence-corrected chi connectivity index (χ3v) is 6.84. The molecule has 2 amide bonds. The molecule has 3 aromatic carbocycles. The molecule has 1 atom stereocenters. The van der Waals surface area contributed by atoms with E-state index in [0.717, 1.165) is 56.0 Å². The predicted octanol–water partition coefficient (Wildman–Crippen LogP) is 4.08. The lowest BCUT2D eigenvalue weighted by molar-refractivity contribution is -0.137. The molecule has 2 N–H and O–H groups in total. The molecule has 39 heavy (non-hydrogen) atoms. The minimum absolute atomic E-state index is 0.197. The maximum absolute atomic E-state index is 13.4. The minimum Gasteiger partial charge on any atom is -0.478 e. The molecular formula is C32H39N3O4. The van der Waals surface area contributed by atoms with Crippen LogP contribution < -0.4 is 15.4 Å². The summed E-state index contributed by atoms with van der Waals surface area (Å²) in [6, 6.07) is 26.7. The summed E-state index contributed by atoms with van der Waals surface area (Å²) < 4.78 is 11.5. The fraction of sp³-hybridized carbons (Fsp3) is 0.375. The van der Waals surface area contributed by atoms with Gasteiger partial charge in [0.1, 0.15) is 11.8 Å². The van der Waals surface area contributed by atoms with Crippen LogP contribution in [0.25, 0.3) is 11.1 Å². The molecule has 7 heteroatoms. The third-order valence-electron chi connectivity index (χ3n) is 6.84. The summed E-state index contributed by atoms with van der Waals surface area (Å²) in [7, 11) is 0. The molecule has 0 saturated carbocycles. The molecule has 0 aromatic heterocycles. The monoisotopic (exact) mass is 529 g/mol. The average Bonchev–Trinajstić information content (AvgIpc) is 2.96. The summed E-state index contributed by atoms with van der Waals surface area (Å²) in [5.74, 6) is 0.0400. The van der Waals surface area contributed by atoms with Crippen LogP contribution in [0.2, 0.25) is 0 Å². The van der Waals surface area contributed by atoms with Gasteiger partial charge in [0, 0.05) is 26.1 Å². The summed E-state index contributed by atoms with van der Waals surface area (Å²) in [5.41, 5.74) is 1.97. The Morgan fingerprint density at radius 3 is 2.18 bits per heavy atom. The van der Waals surface area contributed by atoms with Crippen molar-refractivity contribution in [3.63, 3.8) is 0 Å². The van der Waals surface area contributed by atoms with Crippen LogP contribution in [0.5, 0.6) is 5.75 Å². The van der Waals surface area contributed by atoms with Crippen LogP contribution in [0.15, 0.2) is 84.9 Å². The summed E-state index contributed by atoms with van der Waals surface area (Å²) in [6.07, 6.45) is 1.23. The van der Waals surface area contributed by atoms with Gasteiger partial charge < -0.3 is 20.1 Å². The first-order valence-corrected chi connectivity index (χ1v) is 13.7. The lowest BCUT2D eigenvalue weighted by Crippen LogP contribution is -2.55. The number of carbonyl (C=O) groups is 2. The van der Waals surface area contributed by atoms with Gasteiger partial charge in [0.25, 0.3) is 5.91 Å². The first-order valence-electron chi connectivity index (χ1n) is 13.7. The number of rotatable bonds is 12. The number of morpholine rings is 1. The van der Waals surface area contributed by atoms with E-state index in [1.54, 1.807) is 13.8 Å². The van der Waals surface area contributed by atoms with Crippen molar-refractivity contribution in [2.45, 2.75) is 38.3 Å². The highest BCUT2D eigenvalue weighted by molar-refractivity contribution is 5.91. The second-order valence-corrected chi connectivity index (χ2v) is 10.3. The van der Waals surface area contributed by atoms with Crippen molar-refractivity contribution in [2.75, 3.05) is 39.4 Å². The Kier molecular flexibility index (Phi) is 10.1. The smallest absolute Gasteiger partial charge is 0.264 e. The van der Waals surface area contributed by atoms with E-state index in [-0.39, 0.29) is 11.8 Å². The van der Waals surface area contributed by atoms with Gasteiger partial charge in [-0.2, -0.15) is 0 Å². The second kappa shape index (κ2) is 13.9. The van der Waals surface area contributed by atoms with Crippen LogP contribution in [0.3, 0.4) is 0 Å². The molecule has 1 fully saturated rings. The number of amides is 2. The van der Waals surface area contributed by atoms with Crippen molar-refractivity contribution in [3.8, 4) is 16.9 Å². The van der Waals surface area contributed by atoms with Crippen LogP contribution in [-0.2, 0) is 20.7 Å². The zero-order chi connectivity index (χ0) is 27.5. The molecule has 0 aliphatic carbocycles. The van der Waals surface area contributed by atoms with Crippen molar-refractivity contribution < 1.29 is 19.1 Å². The van der Waals surface area contributed by atoms with Gasteiger partial charge in [-0.1, -0.05) is 72.8 Å². The first kappa shape index (κ1) is 28.3. The molecule has 4 rings (SSSR count). The summed E-state index contributed by atoms with van der Waals surface area (Å²) in [5, 5.41) is 5.97. The average molecular weight is 530 g/mol. The second-order valence-electron chi connectivity index (χ2n) is 10.3. The molecule has 1 heterocycles. The highest BCUT2D eigenvalue weighted by Gasteiger charge is 2.33. The summed E-state index contributed by atoms with van der Waals surface area (Å²) >= 11 is 0. The van der Waals surface area contributed by atoms with Crippen LogP contribution >= 0.6 is 0 Å². The van der Waals surface area contributed by atoms with Crippen molar-refractivity contribution in [1.29, 1.82) is 0 Å². The van der Waals surface area contributed by atoms with E-state index in [2.05, 4.69) is 15.5 Å². The predicted molar refractivity (Wildman–Crippen MR) is 154 cm³/mol. The number of nitrogens with one attached hydrogen (secondary N) is 2. The third kappa shape index (κ3) is 8.67. The fourth-order valence-corrected chi connectivity index (χ4v) is 4.54. The number of hydrogen-bond donors (Lipinski definition) is 2. The molecule has 1 aliphatic rings. The number of hydrogen-bond acceptors (Lipinski definition) is 5. The lowest BCUT2D eigenvalue weighted by atomic mass is 10.0. The van der Waals surface area contributed by atoms with Crippen LogP contribution in [0, 0.1) is 0 Å². The molecule has 0 bridgehead atoms. The zero-order valence-corrected chi connectivity index (χ0v) is 22.9. The molecule has 1 aliphatic heterocycles. The Morgan fingerprint density at radius 1 is 0.897 bits per heavy atom. The fourth-order valence-electron chi connectivity index (χ4n) is 4.54. The van der Waals surface area contributed by atoms with Gasteiger partial charge in [-0.15, -0.1) is 0 Å². The van der Waals surface area contributed by atoms with Crippen molar-refractivity contribution in [3.05, 3.63) is 90.5 Å². The van der Waals surface area contributed by atoms with E-state index < -0.39 is 11.6 Å². The van der Waals surface area contributed by atoms with E-state index in [0.29, 0.717) is 18.7 Å². The maximum atomic E-state index is 13.4. The normalized spacial score (nSPS) is 14.8. The zero-order valence-electron chi connectivity index (χ0n) is 22.9. The topological polar surface area (TPSA) is 79.9 Å². The largest absolute Gasteiger partial charge is 0.478 e. The van der Waals surface area contributed by atoms with Gasteiger partial charge >= 0.3 is 0 Å². The molecular weight excluding hydrogens is 490 g/mol. The van der Waals surface area contributed by atoms with E-state index in [1.165, 1.54) is 0 Å². The molecule has 3 aromatic rings. The van der Waals surface area contributed by atoms with Gasteiger partial charge in [-0.3, -0.25) is 14.5 Å². The molecule has 1 saturated heterocycles. The first-order chi connectivity index (χ1) is 18.9. The lowest BCUT2D eigenvalue weighted by Gasteiger charge is -2.28. The van der Waals surface area contributed by atoms with E-state index in [1.807, 2.05) is 84.9 Å². The minimum atomic E-state index is -1.18. The van der Waals surface area contributed by atoms with E-state index in [9.17, 15) is 9.59 Å². The van der Waals surface area contributed by atoms with Crippen LogP contribution in [-0.4, -0.2) is 67.7 Å². The summed E-state index contributed by atoms with van der Waals surface area (Å²) in [6.45, 7) is 8.24. The number of nitrogens with zero attached hydrogens (tertiary/aromatic N) is 1. The Balaban J connectivity index is 1.35. The van der Waals surface area contributed by atoms with Gasteiger partial charge in [0.2, 0.25) is 5.91 Å². The molecule has 7 nitrogen and oxygen atoms in total. The Bertz CT molecular complexity index is 1180. The van der Waals surface area contributed by atoms with Crippen LogP contribution in [0.1, 0.15) is 25.8 Å². The SMILES string of the molecule is CC(C)(Oc1ccc(-c2ccccc2)cc1)C(=O)N[C@@H](Cc1ccccc1)C(=O)NCCCN1CCOCC1. The van der Waals surface area contributed by atoms with Crippen molar-refractivity contribution in [2.24, 2.45) is 0 Å². The Morgan fingerprint density at radius 2 is 1.51 bits per heavy atom. The number of ether oxygens (including phenoxy) is 2. The Labute approximate surface area is 231 Å². The number of benzene rings is 3. The highest BCUT2D eigenvalue weighted by atomic mass is 16.5. The van der Waals surface area contributed by atoms with Gasteiger partial charge in [-0.05, 0) is 55.6 Å². The van der Waals surface area contributed by atoms with E-state index in [4.69, 9.17) is 9.47 Å². The molecule has 0 spiro atoms. The molecule has 0 unspecified atom stereocenters. The highest BCUT2D eigenvalue weighted by Crippen LogP contribution is 2.25. The van der Waals surface area contributed by atoms with Gasteiger partial charge in [-0.25, -0.2) is 0 Å². The van der Waals surface area contributed by atoms with Crippen molar-refractivity contribution >= 4 is 11.8 Å². The van der Waals surface area contributed by atoms with Crippen LogP contribution in [0.4, 0.5) is 0 Å². The molecule has 0 radical (unpaired) electrons. The van der Waals surface area contributed by atoms with E-state index >= 15 is 0 Å².